The second-order valence-electron chi connectivity index (χ2n) is 8.92. The van der Waals surface area contributed by atoms with Gasteiger partial charge in [-0.1, -0.05) is 26.2 Å². The van der Waals surface area contributed by atoms with E-state index in [-0.39, 0.29) is 35.4 Å². The molecule has 0 aliphatic carbocycles. The van der Waals surface area contributed by atoms with E-state index in [9.17, 15) is 19.7 Å². The Bertz CT molecular complexity index is 757. The summed E-state index contributed by atoms with van der Waals surface area (Å²) in [6.07, 6.45) is 13.8. The molecule has 2 atom stereocenters. The van der Waals surface area contributed by atoms with Gasteiger partial charge in [-0.05, 0) is 51.0 Å². The van der Waals surface area contributed by atoms with Crippen molar-refractivity contribution >= 4 is 17.5 Å². The van der Waals surface area contributed by atoms with Crippen LogP contribution in [0.1, 0.15) is 70.8 Å². The molecule has 171 valence electrons. The number of piperidine rings is 2. The third kappa shape index (κ3) is 6.85. The first-order valence-electron chi connectivity index (χ1n) is 11.5. The predicted octanol–water partition coefficient (Wildman–Crippen LogP) is 3.27. The molecule has 0 aromatic carbocycles. The first-order chi connectivity index (χ1) is 14.9. The Hall–Kier alpha value is -2.29. The van der Waals surface area contributed by atoms with Gasteiger partial charge < -0.3 is 4.90 Å². The fourth-order valence-corrected chi connectivity index (χ4v) is 4.63. The van der Waals surface area contributed by atoms with Crippen LogP contribution < -0.4 is 5.32 Å². The van der Waals surface area contributed by atoms with Gasteiger partial charge in [0.2, 0.25) is 11.8 Å². The maximum atomic E-state index is 11.9. The van der Waals surface area contributed by atoms with Gasteiger partial charge in [0, 0.05) is 25.4 Å². The van der Waals surface area contributed by atoms with Crippen molar-refractivity contribution in [2.75, 3.05) is 19.6 Å². The van der Waals surface area contributed by atoms with E-state index in [0.29, 0.717) is 12.8 Å². The van der Waals surface area contributed by atoms with Gasteiger partial charge in [0.15, 0.2) is 0 Å². The number of imide groups is 1. The molecule has 1 aromatic heterocycles. The summed E-state index contributed by atoms with van der Waals surface area (Å²) in [6, 6.07) is 0.255. The molecule has 2 unspecified atom stereocenters. The third-order valence-corrected chi connectivity index (χ3v) is 6.62. The second kappa shape index (κ2) is 11.4. The van der Waals surface area contributed by atoms with Crippen LogP contribution >= 0.6 is 0 Å². The number of nitrogens with one attached hydrogen (secondary N) is 1. The zero-order chi connectivity index (χ0) is 22.2. The quantitative estimate of drug-likeness (QED) is 0.249. The number of nitrogens with zero attached hydrogens (tertiary/aromatic N) is 4. The number of likely N-dealkylation sites (tertiary alicyclic amines) is 1. The molecule has 1 aromatic rings. The first kappa shape index (κ1) is 23.4. The topological polar surface area (TPSA) is 110 Å². The lowest BCUT2D eigenvalue weighted by atomic mass is 9.83. The SMILES string of the molecule is CC(C[CH]CCCCCN1CCC(n2cc([N+](=O)[O-])cn2)CC1)C1CCC(=O)NC1=O. The lowest BCUT2D eigenvalue weighted by molar-refractivity contribution is -0.385. The Labute approximate surface area is 183 Å². The van der Waals surface area contributed by atoms with Gasteiger partial charge in [-0.15, -0.1) is 0 Å². The normalized spacial score (nSPS) is 21.8. The van der Waals surface area contributed by atoms with Gasteiger partial charge in [-0.2, -0.15) is 5.10 Å². The highest BCUT2D eigenvalue weighted by Crippen LogP contribution is 2.26. The Morgan fingerprint density at radius 1 is 1.26 bits per heavy atom. The first-order valence-corrected chi connectivity index (χ1v) is 11.5. The van der Waals surface area contributed by atoms with Crippen molar-refractivity contribution in [3.05, 3.63) is 28.9 Å². The highest BCUT2D eigenvalue weighted by atomic mass is 16.6. The molecule has 2 saturated heterocycles. The van der Waals surface area contributed by atoms with Gasteiger partial charge >= 0.3 is 5.69 Å². The number of unbranched alkanes of at least 4 members (excludes halogenated alkanes) is 4. The summed E-state index contributed by atoms with van der Waals surface area (Å²) in [5.74, 6) is -0.00547. The Morgan fingerprint density at radius 3 is 2.71 bits per heavy atom. The molecular weight excluding hydrogens is 398 g/mol. The van der Waals surface area contributed by atoms with E-state index in [1.165, 1.54) is 25.2 Å². The van der Waals surface area contributed by atoms with Crippen molar-refractivity contribution in [3.8, 4) is 0 Å². The zero-order valence-corrected chi connectivity index (χ0v) is 18.4. The Morgan fingerprint density at radius 2 is 2.03 bits per heavy atom. The standard InChI is InChI=1S/C22H34N5O4/c1-17(20-8-9-21(28)24-22(20)29)7-5-3-2-4-6-12-25-13-10-18(11-14-25)26-16-19(15-23-26)27(30)31/h5,15-18,20H,2-4,6-14H2,1H3,(H,24,28,29). The van der Waals surface area contributed by atoms with Crippen molar-refractivity contribution in [3.63, 3.8) is 0 Å². The number of nitro groups is 1. The van der Waals surface area contributed by atoms with E-state index >= 15 is 0 Å². The smallest absolute Gasteiger partial charge is 0.303 e. The summed E-state index contributed by atoms with van der Waals surface area (Å²) >= 11 is 0. The van der Waals surface area contributed by atoms with E-state index in [2.05, 4.69) is 28.7 Å². The molecule has 2 aliphatic rings. The van der Waals surface area contributed by atoms with Crippen LogP contribution in [-0.2, 0) is 9.59 Å². The molecule has 3 heterocycles. The van der Waals surface area contributed by atoms with E-state index in [1.807, 2.05) is 0 Å². The summed E-state index contributed by atoms with van der Waals surface area (Å²) in [5, 5.41) is 17.4. The molecule has 31 heavy (non-hydrogen) atoms. The predicted molar refractivity (Wildman–Crippen MR) is 116 cm³/mol. The maximum Gasteiger partial charge on any atom is 0.307 e. The maximum absolute atomic E-state index is 11.9. The van der Waals surface area contributed by atoms with Gasteiger partial charge in [0.05, 0.1) is 11.0 Å². The van der Waals surface area contributed by atoms with Crippen LogP contribution in [0.5, 0.6) is 0 Å². The molecule has 9 heteroatoms. The lowest BCUT2D eigenvalue weighted by Gasteiger charge is -2.31. The molecule has 2 amide bonds. The van der Waals surface area contributed by atoms with Crippen molar-refractivity contribution in [1.82, 2.24) is 20.0 Å². The van der Waals surface area contributed by atoms with Crippen LogP contribution in [-0.4, -0.2) is 51.1 Å². The van der Waals surface area contributed by atoms with E-state index in [1.54, 1.807) is 4.68 Å². The zero-order valence-electron chi connectivity index (χ0n) is 18.4. The fourth-order valence-electron chi connectivity index (χ4n) is 4.63. The average molecular weight is 433 g/mol. The van der Waals surface area contributed by atoms with Crippen LogP contribution in [0.25, 0.3) is 0 Å². The summed E-state index contributed by atoms with van der Waals surface area (Å²) in [7, 11) is 0. The number of carbonyl (C=O) groups is 2. The van der Waals surface area contributed by atoms with Crippen LogP contribution in [0.15, 0.2) is 12.4 Å². The number of rotatable bonds is 11. The van der Waals surface area contributed by atoms with Crippen LogP contribution in [0.3, 0.4) is 0 Å². The van der Waals surface area contributed by atoms with Crippen molar-refractivity contribution in [1.29, 1.82) is 0 Å². The molecule has 9 nitrogen and oxygen atoms in total. The van der Waals surface area contributed by atoms with Crippen LogP contribution in [0.4, 0.5) is 5.69 Å². The van der Waals surface area contributed by atoms with Crippen LogP contribution in [0.2, 0.25) is 0 Å². The molecule has 1 radical (unpaired) electrons. The van der Waals surface area contributed by atoms with Crippen molar-refractivity contribution < 1.29 is 14.5 Å². The highest BCUT2D eigenvalue weighted by Gasteiger charge is 2.30. The molecule has 0 bridgehead atoms. The molecule has 3 rings (SSSR count). The number of carbonyl (C=O) groups excluding carboxylic acids is 2. The summed E-state index contributed by atoms with van der Waals surface area (Å²) < 4.78 is 1.75. The minimum absolute atomic E-state index is 0.0373. The van der Waals surface area contributed by atoms with E-state index < -0.39 is 4.92 Å². The van der Waals surface area contributed by atoms with Gasteiger partial charge in [-0.25, -0.2) is 0 Å². The average Bonchev–Trinajstić information content (AvgIpc) is 3.24. The van der Waals surface area contributed by atoms with Crippen LogP contribution in [0, 0.1) is 28.4 Å². The van der Waals surface area contributed by atoms with Crippen molar-refractivity contribution in [2.24, 2.45) is 11.8 Å². The number of aromatic nitrogens is 2. The highest BCUT2D eigenvalue weighted by molar-refractivity contribution is 5.98. The summed E-state index contributed by atoms with van der Waals surface area (Å²) in [5.41, 5.74) is 0.0609. The Kier molecular flexibility index (Phi) is 8.57. The van der Waals surface area contributed by atoms with Gasteiger partial charge in [0.25, 0.3) is 0 Å². The summed E-state index contributed by atoms with van der Waals surface area (Å²) in [6.45, 7) is 5.21. The number of amides is 2. The molecule has 2 fully saturated rings. The monoisotopic (exact) mass is 432 g/mol. The molecule has 0 spiro atoms. The molecule has 2 aliphatic heterocycles. The number of hydrogen-bond donors (Lipinski definition) is 1. The second-order valence-corrected chi connectivity index (χ2v) is 8.92. The molecular formula is C22H34N5O4. The van der Waals surface area contributed by atoms with E-state index in [0.717, 1.165) is 51.7 Å². The minimum atomic E-state index is -0.397. The summed E-state index contributed by atoms with van der Waals surface area (Å²) in [4.78, 5) is 36.1. The number of hydrogen-bond acceptors (Lipinski definition) is 6. The lowest BCUT2D eigenvalue weighted by Crippen LogP contribution is -2.43. The Balaban J connectivity index is 1.21. The largest absolute Gasteiger partial charge is 0.307 e. The minimum Gasteiger partial charge on any atom is -0.303 e. The molecule has 1 N–H and O–H groups in total. The van der Waals surface area contributed by atoms with Gasteiger partial charge in [0.1, 0.15) is 12.4 Å². The fraction of sp³-hybridized carbons (Fsp3) is 0.727. The van der Waals surface area contributed by atoms with Gasteiger partial charge in [-0.3, -0.25) is 29.7 Å². The van der Waals surface area contributed by atoms with E-state index in [4.69, 9.17) is 0 Å². The molecule has 0 saturated carbocycles. The third-order valence-electron chi connectivity index (χ3n) is 6.62. The van der Waals surface area contributed by atoms with Crippen molar-refractivity contribution in [2.45, 2.75) is 70.8 Å².